The summed E-state index contributed by atoms with van der Waals surface area (Å²) in [6, 6.07) is 5.78. The third-order valence-corrected chi connectivity index (χ3v) is 15.3. The van der Waals surface area contributed by atoms with E-state index in [9.17, 15) is 35.8 Å². The highest BCUT2D eigenvalue weighted by Crippen LogP contribution is 2.42. The Morgan fingerprint density at radius 2 is 1.82 bits per heavy atom. The summed E-state index contributed by atoms with van der Waals surface area (Å²) in [6.07, 6.45) is -2.22. The molecule has 3 heterocycles. The van der Waals surface area contributed by atoms with Crippen molar-refractivity contribution in [2.75, 3.05) is 36.2 Å². The van der Waals surface area contributed by atoms with Gasteiger partial charge in [0.15, 0.2) is 14.0 Å². The number of aromatic nitrogens is 3. The van der Waals surface area contributed by atoms with Crippen LogP contribution in [0, 0.1) is 6.92 Å². The molecule has 10 nitrogen and oxygen atoms in total. The Morgan fingerprint density at radius 3 is 2.42 bits per heavy atom. The Labute approximate surface area is 290 Å². The monoisotopic (exact) mass is 742 g/mol. The van der Waals surface area contributed by atoms with E-state index in [0.717, 1.165) is 0 Å². The molecule has 1 saturated heterocycles. The summed E-state index contributed by atoms with van der Waals surface area (Å²) in [7, 11) is -4.07. The Balaban J connectivity index is 1.76. The maximum atomic E-state index is 14.6. The van der Waals surface area contributed by atoms with E-state index in [4.69, 9.17) is 4.43 Å². The normalized spacial score (nSPS) is 16.8. The zero-order valence-corrected chi connectivity index (χ0v) is 31.2. The first-order valence-electron chi connectivity index (χ1n) is 16.0. The molecule has 1 atom stereocenters. The number of carbonyl (C=O) groups excluding carboxylic acids is 2. The molecule has 17 heteroatoms. The van der Waals surface area contributed by atoms with Crippen molar-refractivity contribution in [2.45, 2.75) is 82.1 Å². The zero-order chi connectivity index (χ0) is 37.4. The lowest BCUT2D eigenvalue weighted by Crippen LogP contribution is -2.42. The van der Waals surface area contributed by atoms with E-state index in [-0.39, 0.29) is 69.8 Å². The van der Waals surface area contributed by atoms with Crippen LogP contribution in [0.15, 0.2) is 45.9 Å². The molecule has 274 valence electrons. The maximum Gasteiger partial charge on any atom is 0.434 e. The van der Waals surface area contributed by atoms with Gasteiger partial charge in [-0.15, -0.1) is 0 Å². The summed E-state index contributed by atoms with van der Waals surface area (Å²) in [4.78, 5) is 32.2. The van der Waals surface area contributed by atoms with Crippen molar-refractivity contribution in [3.63, 3.8) is 0 Å². The molecular formula is C33H43F5N6O4SSi. The second-order valence-corrected chi connectivity index (χ2v) is 21.1. The molecule has 1 N–H and O–H groups in total. The molecular weight excluding hydrogens is 700 g/mol. The smallest absolute Gasteiger partial charge is 0.407 e. The number of alkyl halides is 5. The predicted octanol–water partition coefficient (Wildman–Crippen LogP) is 7.69. The lowest BCUT2D eigenvalue weighted by atomic mass is 9.95. The largest absolute Gasteiger partial charge is 0.434 e. The molecule has 0 spiro atoms. The van der Waals surface area contributed by atoms with E-state index in [0.29, 0.717) is 0 Å². The van der Waals surface area contributed by atoms with Gasteiger partial charge in [0, 0.05) is 67.1 Å². The van der Waals surface area contributed by atoms with Gasteiger partial charge in [-0.25, -0.2) is 18.0 Å². The molecule has 1 fully saturated rings. The van der Waals surface area contributed by atoms with E-state index in [2.05, 4.69) is 19.8 Å². The van der Waals surface area contributed by atoms with Crippen LogP contribution in [-0.2, 0) is 32.2 Å². The number of hydrogen-bond donors (Lipinski definition) is 1. The third kappa shape index (κ3) is 8.95. The molecule has 50 heavy (non-hydrogen) atoms. The number of halogens is 5. The van der Waals surface area contributed by atoms with Gasteiger partial charge in [0.25, 0.3) is 11.8 Å². The van der Waals surface area contributed by atoms with E-state index >= 15 is 0 Å². The lowest BCUT2D eigenvalue weighted by Gasteiger charge is -2.35. The number of carbonyl (C=O) groups is 2. The zero-order valence-electron chi connectivity index (χ0n) is 29.4. The number of pyridine rings is 1. The van der Waals surface area contributed by atoms with Crippen LogP contribution in [0.2, 0.25) is 18.1 Å². The number of rotatable bonds is 8. The lowest BCUT2D eigenvalue weighted by molar-refractivity contribution is -0.140. The SMILES string of the molecule is Cc1c(C(=O)Nc2cccc([S@@](C)(=O)=NC(=O)CO[Si](C)(C)C(C)(C)C)c2)c(N2CCCC(F)(F)CC2)nc(C(F)(F)F)c1-c1cnn(C)c1. The molecule has 2 amide bonds. The van der Waals surface area contributed by atoms with Crippen molar-refractivity contribution in [1.82, 2.24) is 14.8 Å². The van der Waals surface area contributed by atoms with Gasteiger partial charge in [-0.2, -0.15) is 22.6 Å². The standard InChI is InChI=1S/C33H43F5N6O4SSi/c1-21-26(22-18-39-43(5)19-22)28(33(36,37)38)41-29(44-15-10-13-32(34,35)14-16-44)27(21)30(46)40-23-11-9-12-24(17-23)49(6,47)42-25(45)20-48-50(7,8)31(2,3)4/h9,11-12,17-19H,10,13-16,20H2,1-8H3,(H,40,46)/t49-/m1/s1. The number of amides is 2. The highest BCUT2D eigenvalue weighted by Gasteiger charge is 2.41. The fraction of sp³-hybridized carbons (Fsp3) is 0.515. The summed E-state index contributed by atoms with van der Waals surface area (Å²) in [5.74, 6) is -4.98. The van der Waals surface area contributed by atoms with Crippen molar-refractivity contribution in [1.29, 1.82) is 0 Å². The number of benzene rings is 1. The Morgan fingerprint density at radius 1 is 1.14 bits per heavy atom. The van der Waals surface area contributed by atoms with E-state index < -0.39 is 60.5 Å². The van der Waals surface area contributed by atoms with Crippen LogP contribution in [0.25, 0.3) is 11.1 Å². The molecule has 1 aliphatic rings. The van der Waals surface area contributed by atoms with Gasteiger partial charge in [-0.3, -0.25) is 14.3 Å². The average Bonchev–Trinajstić information content (AvgIpc) is 3.32. The summed E-state index contributed by atoms with van der Waals surface area (Å²) in [6.45, 7) is 10.6. The minimum Gasteiger partial charge on any atom is -0.407 e. The number of hydrogen-bond acceptors (Lipinski definition) is 7. The van der Waals surface area contributed by atoms with Gasteiger partial charge in [-0.05, 0) is 55.2 Å². The van der Waals surface area contributed by atoms with Crippen LogP contribution in [-0.4, -0.2) is 71.0 Å². The van der Waals surface area contributed by atoms with Crippen LogP contribution >= 0.6 is 0 Å². The van der Waals surface area contributed by atoms with E-state index in [1.165, 1.54) is 66.5 Å². The Kier molecular flexibility index (Phi) is 11.1. The number of nitrogens with zero attached hydrogens (tertiary/aromatic N) is 5. The van der Waals surface area contributed by atoms with Gasteiger partial charge in [0.1, 0.15) is 12.4 Å². The molecule has 0 radical (unpaired) electrons. The van der Waals surface area contributed by atoms with Gasteiger partial charge < -0.3 is 14.6 Å². The molecule has 4 rings (SSSR count). The van der Waals surface area contributed by atoms with Crippen molar-refractivity contribution in [3.05, 3.63) is 53.5 Å². The van der Waals surface area contributed by atoms with Crippen molar-refractivity contribution < 1.29 is 40.2 Å². The topological polar surface area (TPSA) is 119 Å². The van der Waals surface area contributed by atoms with Crippen LogP contribution in [0.5, 0.6) is 0 Å². The molecule has 0 saturated carbocycles. The number of nitrogens with one attached hydrogen (secondary N) is 1. The Bertz CT molecular complexity index is 1900. The van der Waals surface area contributed by atoms with Gasteiger partial charge >= 0.3 is 6.18 Å². The highest BCUT2D eigenvalue weighted by molar-refractivity contribution is 7.93. The first-order chi connectivity index (χ1) is 22.9. The fourth-order valence-electron chi connectivity index (χ4n) is 5.31. The average molecular weight is 743 g/mol. The summed E-state index contributed by atoms with van der Waals surface area (Å²) >= 11 is 0. The van der Waals surface area contributed by atoms with Crippen LogP contribution < -0.4 is 10.2 Å². The molecule has 0 aliphatic carbocycles. The highest BCUT2D eigenvalue weighted by atomic mass is 32.2. The maximum absolute atomic E-state index is 14.6. The number of anilines is 2. The molecule has 1 aliphatic heterocycles. The van der Waals surface area contributed by atoms with Gasteiger partial charge in [-0.1, -0.05) is 26.8 Å². The van der Waals surface area contributed by atoms with Crippen molar-refractivity contribution in [2.24, 2.45) is 11.4 Å². The summed E-state index contributed by atoms with van der Waals surface area (Å²) in [5, 5.41) is 6.48. The quantitative estimate of drug-likeness (QED) is 0.186. The second-order valence-electron chi connectivity index (χ2n) is 14.1. The van der Waals surface area contributed by atoms with E-state index in [1.807, 2.05) is 33.9 Å². The van der Waals surface area contributed by atoms with Crippen molar-refractivity contribution in [3.8, 4) is 11.1 Å². The number of aryl methyl sites for hydroxylation is 1. The molecule has 1 aromatic carbocycles. The molecule has 3 aromatic rings. The van der Waals surface area contributed by atoms with Gasteiger partial charge in [0.2, 0.25) is 5.92 Å². The minimum atomic E-state index is -4.96. The minimum absolute atomic E-state index is 0.0312. The first-order valence-corrected chi connectivity index (χ1v) is 20.8. The van der Waals surface area contributed by atoms with Gasteiger partial charge in [0.05, 0.1) is 21.5 Å². The molecule has 0 bridgehead atoms. The third-order valence-electron chi connectivity index (χ3n) is 9.10. The summed E-state index contributed by atoms with van der Waals surface area (Å²) < 4.78 is 97.1. The van der Waals surface area contributed by atoms with Crippen LogP contribution in [0.4, 0.5) is 33.5 Å². The predicted molar refractivity (Wildman–Crippen MR) is 185 cm³/mol. The van der Waals surface area contributed by atoms with Crippen LogP contribution in [0.3, 0.4) is 0 Å². The van der Waals surface area contributed by atoms with E-state index in [1.54, 1.807) is 0 Å². The van der Waals surface area contributed by atoms with Crippen molar-refractivity contribution >= 4 is 41.4 Å². The van der Waals surface area contributed by atoms with Crippen LogP contribution in [0.1, 0.15) is 61.6 Å². The first kappa shape index (κ1) is 39.1. The summed E-state index contributed by atoms with van der Waals surface area (Å²) in [5.41, 5.74) is -1.81. The molecule has 0 unspecified atom stereocenters. The fourth-order valence-corrected chi connectivity index (χ4v) is 7.45. The second kappa shape index (κ2) is 14.1. The Hall–Kier alpha value is -3.70. The molecule has 2 aromatic heterocycles.